The molecule has 1 fully saturated rings. The van der Waals surface area contributed by atoms with E-state index in [1.807, 2.05) is 6.07 Å². The highest BCUT2D eigenvalue weighted by Crippen LogP contribution is 2.26. The summed E-state index contributed by atoms with van der Waals surface area (Å²) in [5.74, 6) is -0.312. The molecule has 0 spiro atoms. The summed E-state index contributed by atoms with van der Waals surface area (Å²) in [5, 5.41) is 8.84. The van der Waals surface area contributed by atoms with Gasteiger partial charge >= 0.3 is 5.97 Å². The summed E-state index contributed by atoms with van der Waals surface area (Å²) >= 11 is 0. The van der Waals surface area contributed by atoms with E-state index in [0.29, 0.717) is 18.4 Å². The summed E-state index contributed by atoms with van der Waals surface area (Å²) in [5.41, 5.74) is 1.33. The third-order valence-electron chi connectivity index (χ3n) is 3.81. The summed E-state index contributed by atoms with van der Waals surface area (Å²) in [6.45, 7) is 4.19. The van der Waals surface area contributed by atoms with Gasteiger partial charge in [-0.25, -0.2) is 0 Å². The van der Waals surface area contributed by atoms with Gasteiger partial charge in [0.15, 0.2) is 0 Å². The molecule has 0 radical (unpaired) electrons. The number of benzene rings is 1. The fourth-order valence-electron chi connectivity index (χ4n) is 2.80. The molecule has 1 aromatic rings. The Balaban J connectivity index is 1.88. The van der Waals surface area contributed by atoms with Crippen LogP contribution in [0.2, 0.25) is 0 Å². The molecular formula is C15H21NO2. The molecule has 0 bridgehead atoms. The Labute approximate surface area is 108 Å². The fraction of sp³-hybridized carbons (Fsp3) is 0.533. The zero-order valence-electron chi connectivity index (χ0n) is 10.9. The number of aliphatic carboxylic acids is 1. The zero-order valence-corrected chi connectivity index (χ0v) is 10.9. The molecule has 3 heteroatoms. The van der Waals surface area contributed by atoms with Gasteiger partial charge in [0.05, 0.1) is 0 Å². The molecule has 1 aliphatic heterocycles. The number of piperidine rings is 1. The van der Waals surface area contributed by atoms with Crippen LogP contribution < -0.4 is 0 Å². The Hall–Kier alpha value is -1.35. The topological polar surface area (TPSA) is 40.5 Å². The molecule has 0 aliphatic carbocycles. The maximum Gasteiger partial charge on any atom is 0.303 e. The van der Waals surface area contributed by atoms with Gasteiger partial charge in [0.1, 0.15) is 0 Å². The van der Waals surface area contributed by atoms with Crippen molar-refractivity contribution in [3.63, 3.8) is 0 Å². The number of likely N-dealkylation sites (tertiary alicyclic amines) is 1. The SMILES string of the molecule is CC1CC(CC(=O)O)CCN1Cc1ccccc1. The van der Waals surface area contributed by atoms with E-state index < -0.39 is 5.97 Å². The van der Waals surface area contributed by atoms with E-state index in [1.54, 1.807) is 0 Å². The average Bonchev–Trinajstić information content (AvgIpc) is 2.33. The number of rotatable bonds is 4. The van der Waals surface area contributed by atoms with Gasteiger partial charge in [0.25, 0.3) is 0 Å². The van der Waals surface area contributed by atoms with E-state index in [2.05, 4.69) is 36.1 Å². The highest BCUT2D eigenvalue weighted by molar-refractivity contribution is 5.67. The first-order chi connectivity index (χ1) is 8.65. The summed E-state index contributed by atoms with van der Waals surface area (Å²) in [6, 6.07) is 10.9. The van der Waals surface area contributed by atoms with Crippen LogP contribution in [0.25, 0.3) is 0 Å². The fourth-order valence-corrected chi connectivity index (χ4v) is 2.80. The minimum absolute atomic E-state index is 0.323. The van der Waals surface area contributed by atoms with Crippen molar-refractivity contribution >= 4 is 5.97 Å². The Morgan fingerprint density at radius 2 is 2.11 bits per heavy atom. The predicted molar refractivity (Wildman–Crippen MR) is 71.3 cm³/mol. The van der Waals surface area contributed by atoms with Crippen LogP contribution in [0.1, 0.15) is 31.7 Å². The van der Waals surface area contributed by atoms with Gasteiger partial charge in [-0.1, -0.05) is 30.3 Å². The third-order valence-corrected chi connectivity index (χ3v) is 3.81. The number of carboxylic acid groups (broad SMARTS) is 1. The van der Waals surface area contributed by atoms with Crippen LogP contribution in [0.15, 0.2) is 30.3 Å². The van der Waals surface area contributed by atoms with Crippen LogP contribution >= 0.6 is 0 Å². The normalized spacial score (nSPS) is 24.9. The van der Waals surface area contributed by atoms with Crippen LogP contribution in [0, 0.1) is 5.92 Å². The Bertz CT molecular complexity index is 391. The molecule has 1 aliphatic rings. The van der Waals surface area contributed by atoms with E-state index in [-0.39, 0.29) is 0 Å². The van der Waals surface area contributed by atoms with Gasteiger partial charge in [0, 0.05) is 19.0 Å². The molecule has 18 heavy (non-hydrogen) atoms. The van der Waals surface area contributed by atoms with Crippen molar-refractivity contribution in [2.75, 3.05) is 6.54 Å². The molecule has 1 heterocycles. The van der Waals surface area contributed by atoms with E-state index in [1.165, 1.54) is 5.56 Å². The van der Waals surface area contributed by atoms with Gasteiger partial charge in [-0.05, 0) is 37.8 Å². The standard InChI is InChI=1S/C15H21NO2/c1-12-9-14(10-15(17)18)7-8-16(12)11-13-5-3-2-4-6-13/h2-6,12,14H,7-11H2,1H3,(H,17,18). The molecular weight excluding hydrogens is 226 g/mol. The van der Waals surface area contributed by atoms with Crippen molar-refractivity contribution in [2.24, 2.45) is 5.92 Å². The van der Waals surface area contributed by atoms with E-state index in [0.717, 1.165) is 25.9 Å². The molecule has 0 amide bonds. The molecule has 98 valence electrons. The summed E-state index contributed by atoms with van der Waals surface area (Å²) in [6.07, 6.45) is 2.33. The second-order valence-corrected chi connectivity index (χ2v) is 5.29. The van der Waals surface area contributed by atoms with Crippen LogP contribution in [-0.4, -0.2) is 28.6 Å². The second-order valence-electron chi connectivity index (χ2n) is 5.29. The molecule has 1 saturated heterocycles. The molecule has 3 nitrogen and oxygen atoms in total. The lowest BCUT2D eigenvalue weighted by atomic mass is 9.89. The second kappa shape index (κ2) is 6.01. The molecule has 1 N–H and O–H groups in total. The van der Waals surface area contributed by atoms with Gasteiger partial charge in [-0.2, -0.15) is 0 Å². The number of hydrogen-bond donors (Lipinski definition) is 1. The number of hydrogen-bond acceptors (Lipinski definition) is 2. The summed E-state index contributed by atoms with van der Waals surface area (Å²) < 4.78 is 0. The minimum atomic E-state index is -0.663. The van der Waals surface area contributed by atoms with Crippen molar-refractivity contribution in [1.29, 1.82) is 0 Å². The summed E-state index contributed by atoms with van der Waals surface area (Å²) in [4.78, 5) is 13.2. The van der Waals surface area contributed by atoms with E-state index in [9.17, 15) is 4.79 Å². The molecule has 2 atom stereocenters. The monoisotopic (exact) mass is 247 g/mol. The first kappa shape index (κ1) is 13.1. The van der Waals surface area contributed by atoms with Crippen LogP contribution in [0.5, 0.6) is 0 Å². The van der Waals surface area contributed by atoms with Crippen LogP contribution in [-0.2, 0) is 11.3 Å². The Kier molecular flexibility index (Phi) is 4.37. The van der Waals surface area contributed by atoms with Crippen molar-refractivity contribution in [1.82, 2.24) is 4.90 Å². The van der Waals surface area contributed by atoms with Gasteiger partial charge < -0.3 is 5.11 Å². The zero-order chi connectivity index (χ0) is 13.0. The van der Waals surface area contributed by atoms with Crippen molar-refractivity contribution in [3.8, 4) is 0 Å². The van der Waals surface area contributed by atoms with E-state index in [4.69, 9.17) is 5.11 Å². The third kappa shape index (κ3) is 3.57. The van der Waals surface area contributed by atoms with Gasteiger partial charge in [-0.3, -0.25) is 9.69 Å². The lowest BCUT2D eigenvalue weighted by molar-refractivity contribution is -0.138. The lowest BCUT2D eigenvalue weighted by Gasteiger charge is -2.37. The first-order valence-electron chi connectivity index (χ1n) is 6.65. The molecule has 0 saturated carbocycles. The van der Waals surface area contributed by atoms with Crippen molar-refractivity contribution < 1.29 is 9.90 Å². The molecule has 0 aromatic heterocycles. The van der Waals surface area contributed by atoms with Crippen LogP contribution in [0.4, 0.5) is 0 Å². The van der Waals surface area contributed by atoms with E-state index >= 15 is 0 Å². The molecule has 1 aromatic carbocycles. The quantitative estimate of drug-likeness (QED) is 0.889. The maximum absolute atomic E-state index is 10.7. The van der Waals surface area contributed by atoms with Crippen molar-refractivity contribution in [2.45, 2.75) is 38.8 Å². The smallest absolute Gasteiger partial charge is 0.303 e. The van der Waals surface area contributed by atoms with Crippen LogP contribution in [0.3, 0.4) is 0 Å². The highest BCUT2D eigenvalue weighted by Gasteiger charge is 2.26. The van der Waals surface area contributed by atoms with Gasteiger partial charge in [0.2, 0.25) is 0 Å². The maximum atomic E-state index is 10.7. The molecule has 2 rings (SSSR count). The summed E-state index contributed by atoms with van der Waals surface area (Å²) in [7, 11) is 0. The number of carboxylic acids is 1. The predicted octanol–water partition coefficient (Wildman–Crippen LogP) is 2.76. The first-order valence-corrected chi connectivity index (χ1v) is 6.65. The van der Waals surface area contributed by atoms with Gasteiger partial charge in [-0.15, -0.1) is 0 Å². The average molecular weight is 247 g/mol. The minimum Gasteiger partial charge on any atom is -0.481 e. The van der Waals surface area contributed by atoms with Crippen molar-refractivity contribution in [3.05, 3.63) is 35.9 Å². The number of carbonyl (C=O) groups is 1. The Morgan fingerprint density at radius 1 is 1.39 bits per heavy atom. The largest absolute Gasteiger partial charge is 0.481 e. The molecule has 2 unspecified atom stereocenters. The Morgan fingerprint density at radius 3 is 2.72 bits per heavy atom. The number of nitrogens with zero attached hydrogens (tertiary/aromatic N) is 1. The highest BCUT2D eigenvalue weighted by atomic mass is 16.4. The lowest BCUT2D eigenvalue weighted by Crippen LogP contribution is -2.40.